The molecule has 0 radical (unpaired) electrons. The summed E-state index contributed by atoms with van der Waals surface area (Å²) in [5.74, 6) is -0.0891. The molecule has 3 aromatic carbocycles. The van der Waals surface area contributed by atoms with E-state index in [9.17, 15) is 4.79 Å². The van der Waals surface area contributed by atoms with Gasteiger partial charge in [-0.15, -0.1) is 0 Å². The molecule has 0 saturated heterocycles. The van der Waals surface area contributed by atoms with E-state index in [0.29, 0.717) is 5.69 Å². The molecule has 1 aromatic heterocycles. The van der Waals surface area contributed by atoms with E-state index in [1.165, 1.54) is 24.8 Å². The first kappa shape index (κ1) is 20.3. The summed E-state index contributed by atoms with van der Waals surface area (Å²) < 4.78 is 1.87. The van der Waals surface area contributed by atoms with Crippen LogP contribution in [0.4, 0.5) is 0 Å². The maximum atomic E-state index is 13.0. The van der Waals surface area contributed by atoms with Gasteiger partial charge < -0.3 is 5.32 Å². The van der Waals surface area contributed by atoms with Crippen LogP contribution in [0.2, 0.25) is 0 Å². The Kier molecular flexibility index (Phi) is 5.84. The Morgan fingerprint density at radius 3 is 2.03 bits per heavy atom. The van der Waals surface area contributed by atoms with Crippen molar-refractivity contribution >= 4 is 5.91 Å². The van der Waals surface area contributed by atoms with E-state index < -0.39 is 0 Å². The highest BCUT2D eigenvalue weighted by Crippen LogP contribution is 2.28. The number of carbonyl (C=O) groups excluding carboxylic acids is 1. The maximum absolute atomic E-state index is 13.0. The maximum Gasteiger partial charge on any atom is 0.272 e. The van der Waals surface area contributed by atoms with Gasteiger partial charge in [0.15, 0.2) is 5.69 Å². The number of hydrogen-bond acceptors (Lipinski definition) is 2. The number of amides is 1. The van der Waals surface area contributed by atoms with Crippen LogP contribution in [0.25, 0.3) is 28.1 Å². The second-order valence-electron chi connectivity index (χ2n) is 8.41. The van der Waals surface area contributed by atoms with Crippen molar-refractivity contribution in [3.63, 3.8) is 0 Å². The van der Waals surface area contributed by atoms with E-state index in [0.717, 1.165) is 35.3 Å². The Morgan fingerprint density at radius 1 is 0.750 bits per heavy atom. The van der Waals surface area contributed by atoms with Gasteiger partial charge in [-0.2, -0.15) is 5.10 Å². The molecule has 160 valence electrons. The predicted molar refractivity (Wildman–Crippen MR) is 129 cm³/mol. The fraction of sp³-hybridized carbons (Fsp3) is 0.214. The van der Waals surface area contributed by atoms with E-state index in [2.05, 4.69) is 41.7 Å². The second-order valence-corrected chi connectivity index (χ2v) is 8.41. The van der Waals surface area contributed by atoms with Gasteiger partial charge in [0.1, 0.15) is 0 Å². The van der Waals surface area contributed by atoms with E-state index in [1.54, 1.807) is 0 Å². The van der Waals surface area contributed by atoms with Crippen molar-refractivity contribution in [2.24, 2.45) is 0 Å². The first-order valence-corrected chi connectivity index (χ1v) is 11.4. The first-order chi connectivity index (χ1) is 15.8. The number of hydrogen-bond donors (Lipinski definition) is 1. The van der Waals surface area contributed by atoms with Crippen LogP contribution >= 0.6 is 0 Å². The lowest BCUT2D eigenvalue weighted by atomic mass is 9.95. The molecule has 32 heavy (non-hydrogen) atoms. The number of nitrogens with zero attached hydrogens (tertiary/aromatic N) is 2. The van der Waals surface area contributed by atoms with Crippen molar-refractivity contribution in [3.05, 3.63) is 96.7 Å². The molecular formula is C28H27N3O. The molecule has 0 unspecified atom stereocenters. The lowest BCUT2D eigenvalue weighted by Gasteiger charge is -2.22. The molecule has 0 spiro atoms. The van der Waals surface area contributed by atoms with E-state index >= 15 is 0 Å². The van der Waals surface area contributed by atoms with Crippen LogP contribution in [0, 0.1) is 0 Å². The fourth-order valence-corrected chi connectivity index (χ4v) is 4.43. The van der Waals surface area contributed by atoms with Crippen LogP contribution in [0.1, 0.15) is 42.6 Å². The van der Waals surface area contributed by atoms with Crippen LogP contribution in [0.5, 0.6) is 0 Å². The summed E-state index contributed by atoms with van der Waals surface area (Å²) in [7, 11) is 0. The summed E-state index contributed by atoms with van der Waals surface area (Å²) in [5.41, 5.74) is 5.67. The minimum Gasteiger partial charge on any atom is -0.348 e. The quantitative estimate of drug-likeness (QED) is 0.413. The van der Waals surface area contributed by atoms with Gasteiger partial charge in [0.25, 0.3) is 5.91 Å². The summed E-state index contributed by atoms with van der Waals surface area (Å²) in [6.45, 7) is 0. The van der Waals surface area contributed by atoms with Gasteiger partial charge in [-0.1, -0.05) is 92.1 Å². The number of para-hydroxylation sites is 1. The van der Waals surface area contributed by atoms with E-state index in [4.69, 9.17) is 5.10 Å². The van der Waals surface area contributed by atoms with E-state index in [-0.39, 0.29) is 11.9 Å². The number of aromatic nitrogens is 2. The van der Waals surface area contributed by atoms with Crippen molar-refractivity contribution in [1.29, 1.82) is 0 Å². The van der Waals surface area contributed by atoms with Crippen LogP contribution in [0.15, 0.2) is 91.0 Å². The number of nitrogens with one attached hydrogen (secondary N) is 1. The molecule has 5 rings (SSSR count). The Hall–Kier alpha value is -3.66. The number of benzene rings is 3. The standard InChI is InChI=1S/C28H27N3O/c32-28(29-24-12-6-2-7-13-24)26-20-27(31(30-26)25-14-8-3-9-15-25)23-18-16-22(17-19-23)21-10-4-1-5-11-21/h1,3-5,8-11,14-20,24H,2,6-7,12-13H2,(H,29,32). The van der Waals surface area contributed by atoms with Crippen molar-refractivity contribution < 1.29 is 4.79 Å². The normalized spacial score (nSPS) is 14.2. The second kappa shape index (κ2) is 9.23. The average molecular weight is 422 g/mol. The third-order valence-corrected chi connectivity index (χ3v) is 6.17. The molecule has 0 aliphatic heterocycles. The summed E-state index contributed by atoms with van der Waals surface area (Å²) in [6, 6.07) is 30.9. The SMILES string of the molecule is O=C(NC1CCCCC1)c1cc(-c2ccc(-c3ccccc3)cc2)n(-c2ccccc2)n1. The largest absolute Gasteiger partial charge is 0.348 e. The van der Waals surface area contributed by atoms with Crippen LogP contribution in [-0.2, 0) is 0 Å². The molecular weight excluding hydrogens is 394 g/mol. The van der Waals surface area contributed by atoms with Crippen molar-refractivity contribution in [3.8, 4) is 28.1 Å². The van der Waals surface area contributed by atoms with Crippen LogP contribution in [-0.4, -0.2) is 21.7 Å². The number of rotatable bonds is 5. The smallest absolute Gasteiger partial charge is 0.272 e. The van der Waals surface area contributed by atoms with Crippen molar-refractivity contribution in [2.45, 2.75) is 38.1 Å². The summed E-state index contributed by atoms with van der Waals surface area (Å²) in [6.07, 6.45) is 5.74. The highest BCUT2D eigenvalue weighted by Gasteiger charge is 2.21. The molecule has 1 aliphatic carbocycles. The first-order valence-electron chi connectivity index (χ1n) is 11.4. The minimum absolute atomic E-state index is 0.0891. The van der Waals surface area contributed by atoms with Gasteiger partial charge in [0, 0.05) is 11.6 Å². The molecule has 4 heteroatoms. The highest BCUT2D eigenvalue weighted by atomic mass is 16.2. The third kappa shape index (κ3) is 4.35. The van der Waals surface area contributed by atoms with Gasteiger partial charge in [0.05, 0.1) is 11.4 Å². The molecule has 1 amide bonds. The van der Waals surface area contributed by atoms with Gasteiger partial charge in [0.2, 0.25) is 0 Å². The minimum atomic E-state index is -0.0891. The molecule has 1 heterocycles. The Morgan fingerprint density at radius 2 is 1.34 bits per heavy atom. The highest BCUT2D eigenvalue weighted by molar-refractivity contribution is 5.94. The van der Waals surface area contributed by atoms with Gasteiger partial charge in [-0.3, -0.25) is 4.79 Å². The zero-order valence-electron chi connectivity index (χ0n) is 18.1. The molecule has 1 aliphatic rings. The molecule has 0 atom stereocenters. The molecule has 1 N–H and O–H groups in total. The zero-order valence-corrected chi connectivity index (χ0v) is 18.1. The Balaban J connectivity index is 1.48. The molecule has 1 fully saturated rings. The summed E-state index contributed by atoms with van der Waals surface area (Å²) in [5, 5.41) is 7.90. The van der Waals surface area contributed by atoms with Crippen LogP contribution < -0.4 is 5.32 Å². The molecule has 1 saturated carbocycles. The lowest BCUT2D eigenvalue weighted by molar-refractivity contribution is 0.0922. The summed E-state index contributed by atoms with van der Waals surface area (Å²) >= 11 is 0. The monoisotopic (exact) mass is 421 g/mol. The van der Waals surface area contributed by atoms with Crippen LogP contribution in [0.3, 0.4) is 0 Å². The molecule has 4 aromatic rings. The molecule has 0 bridgehead atoms. The predicted octanol–water partition coefficient (Wildman–Crippen LogP) is 6.27. The zero-order chi connectivity index (χ0) is 21.8. The average Bonchev–Trinajstić information content (AvgIpc) is 3.32. The van der Waals surface area contributed by atoms with Gasteiger partial charge >= 0.3 is 0 Å². The topological polar surface area (TPSA) is 46.9 Å². The molecule has 4 nitrogen and oxygen atoms in total. The van der Waals surface area contributed by atoms with Gasteiger partial charge in [-0.25, -0.2) is 4.68 Å². The van der Waals surface area contributed by atoms with Crippen molar-refractivity contribution in [2.75, 3.05) is 0 Å². The fourth-order valence-electron chi connectivity index (χ4n) is 4.43. The van der Waals surface area contributed by atoms with Crippen molar-refractivity contribution in [1.82, 2.24) is 15.1 Å². The lowest BCUT2D eigenvalue weighted by Crippen LogP contribution is -2.36. The Labute approximate surface area is 188 Å². The number of carbonyl (C=O) groups is 1. The van der Waals surface area contributed by atoms with E-state index in [1.807, 2.05) is 59.3 Å². The summed E-state index contributed by atoms with van der Waals surface area (Å²) in [4.78, 5) is 13.0. The Bertz CT molecular complexity index is 1170. The van der Waals surface area contributed by atoms with Gasteiger partial charge in [-0.05, 0) is 42.2 Å². The third-order valence-electron chi connectivity index (χ3n) is 6.17.